The molecule has 0 saturated heterocycles. The quantitative estimate of drug-likeness (QED) is 0.624. The molecule has 0 heterocycles. The molecule has 6 nitrogen and oxygen atoms in total. The van der Waals surface area contributed by atoms with Crippen LogP contribution in [0.4, 0.5) is 4.79 Å². The third-order valence-electron chi connectivity index (χ3n) is 5.06. The van der Waals surface area contributed by atoms with Crippen molar-refractivity contribution in [1.29, 1.82) is 0 Å². The van der Waals surface area contributed by atoms with Crippen LogP contribution in [0.25, 0.3) is 11.1 Å². The number of carbonyl (C=O) groups is 2. The molecule has 1 amide bonds. The van der Waals surface area contributed by atoms with Crippen LogP contribution < -0.4 is 5.32 Å². The lowest BCUT2D eigenvalue weighted by atomic mass is 9.98. The summed E-state index contributed by atoms with van der Waals surface area (Å²) in [6, 6.07) is 14.9. The lowest BCUT2D eigenvalue weighted by molar-refractivity contribution is -0.141. The highest BCUT2D eigenvalue weighted by atomic mass is 16.5. The van der Waals surface area contributed by atoms with E-state index in [0.29, 0.717) is 12.5 Å². The third kappa shape index (κ3) is 5.15. The molecule has 6 heteroatoms. The Hall–Kier alpha value is -2.86. The number of carbonyl (C=O) groups excluding carboxylic acids is 1. The molecule has 0 bridgehead atoms. The second-order valence-corrected chi connectivity index (χ2v) is 7.62. The average molecular weight is 397 g/mol. The Morgan fingerprint density at radius 3 is 2.17 bits per heavy atom. The van der Waals surface area contributed by atoms with Crippen molar-refractivity contribution in [1.82, 2.24) is 5.32 Å². The zero-order valence-electron chi connectivity index (χ0n) is 16.8. The van der Waals surface area contributed by atoms with Crippen molar-refractivity contribution < 1.29 is 24.2 Å². The van der Waals surface area contributed by atoms with Crippen molar-refractivity contribution in [2.75, 3.05) is 19.8 Å². The first kappa shape index (κ1) is 20.9. The zero-order chi connectivity index (χ0) is 20.8. The summed E-state index contributed by atoms with van der Waals surface area (Å²) in [6.45, 7) is 4.63. The Kier molecular flexibility index (Phi) is 6.88. The third-order valence-corrected chi connectivity index (χ3v) is 5.06. The molecule has 29 heavy (non-hydrogen) atoms. The Morgan fingerprint density at radius 1 is 1.03 bits per heavy atom. The number of carboxylic acid groups (broad SMARTS) is 1. The molecule has 0 aromatic heterocycles. The lowest BCUT2D eigenvalue weighted by Crippen LogP contribution is -2.44. The summed E-state index contributed by atoms with van der Waals surface area (Å²) in [4.78, 5) is 23.6. The summed E-state index contributed by atoms with van der Waals surface area (Å²) in [6.07, 6.45) is 0.0730. The normalized spacial score (nSPS) is 13.6. The van der Waals surface area contributed by atoms with Crippen molar-refractivity contribution in [3.8, 4) is 11.1 Å². The van der Waals surface area contributed by atoms with Gasteiger partial charge in [0.25, 0.3) is 0 Å². The van der Waals surface area contributed by atoms with E-state index in [4.69, 9.17) is 9.47 Å². The van der Waals surface area contributed by atoms with Gasteiger partial charge in [-0.2, -0.15) is 0 Å². The van der Waals surface area contributed by atoms with Gasteiger partial charge in [0.15, 0.2) is 6.04 Å². The first-order valence-electron chi connectivity index (χ1n) is 9.89. The Labute approximate surface area is 170 Å². The minimum Gasteiger partial charge on any atom is -0.480 e. The fourth-order valence-electron chi connectivity index (χ4n) is 3.48. The standard InChI is InChI=1S/C23H27NO5/c1-15(2)11-12-28-14-21(22(25)26)24-23(27)29-13-20-18-9-5-3-7-16(18)17-8-4-6-10-19(17)20/h3-10,15,20-21H,11-14H2,1-2H3,(H,24,27)(H,25,26)/t21-/m1/s1. The predicted octanol–water partition coefficient (Wildman–Crippen LogP) is 4.04. The van der Waals surface area contributed by atoms with Gasteiger partial charge in [0.05, 0.1) is 6.61 Å². The molecule has 0 spiro atoms. The van der Waals surface area contributed by atoms with Crippen molar-refractivity contribution >= 4 is 12.1 Å². The second kappa shape index (κ2) is 9.56. The number of alkyl carbamates (subject to hydrolysis) is 1. The molecule has 0 aliphatic heterocycles. The van der Waals surface area contributed by atoms with Gasteiger partial charge in [-0.1, -0.05) is 62.4 Å². The number of nitrogens with one attached hydrogen (secondary N) is 1. The molecule has 0 saturated carbocycles. The Morgan fingerprint density at radius 2 is 1.62 bits per heavy atom. The fourth-order valence-corrected chi connectivity index (χ4v) is 3.48. The van der Waals surface area contributed by atoms with Gasteiger partial charge in [0.2, 0.25) is 0 Å². The fraction of sp³-hybridized carbons (Fsp3) is 0.391. The van der Waals surface area contributed by atoms with Gasteiger partial charge in [-0.15, -0.1) is 0 Å². The van der Waals surface area contributed by atoms with Gasteiger partial charge in [-0.05, 0) is 34.6 Å². The van der Waals surface area contributed by atoms with Crippen LogP contribution in [-0.2, 0) is 14.3 Å². The molecule has 2 N–H and O–H groups in total. The summed E-state index contributed by atoms with van der Waals surface area (Å²) in [5.41, 5.74) is 4.49. The number of amides is 1. The molecule has 3 rings (SSSR count). The van der Waals surface area contributed by atoms with E-state index in [1.807, 2.05) is 36.4 Å². The van der Waals surface area contributed by atoms with Crippen LogP contribution in [0.5, 0.6) is 0 Å². The number of fused-ring (bicyclic) bond motifs is 3. The lowest BCUT2D eigenvalue weighted by Gasteiger charge is -2.17. The topological polar surface area (TPSA) is 84.9 Å². The molecule has 1 aliphatic rings. The van der Waals surface area contributed by atoms with Gasteiger partial charge in [0, 0.05) is 12.5 Å². The van der Waals surface area contributed by atoms with Crippen molar-refractivity contribution in [3.63, 3.8) is 0 Å². The summed E-state index contributed by atoms with van der Waals surface area (Å²) in [5.74, 6) is -0.754. The van der Waals surface area contributed by atoms with Crippen LogP contribution in [0.2, 0.25) is 0 Å². The first-order valence-corrected chi connectivity index (χ1v) is 9.89. The maximum atomic E-state index is 12.2. The van der Waals surface area contributed by atoms with Gasteiger partial charge in [-0.3, -0.25) is 0 Å². The van der Waals surface area contributed by atoms with Gasteiger partial charge >= 0.3 is 12.1 Å². The molecular weight excluding hydrogens is 370 g/mol. The minimum absolute atomic E-state index is 0.0706. The van der Waals surface area contributed by atoms with Gasteiger partial charge in [-0.25, -0.2) is 9.59 Å². The highest BCUT2D eigenvalue weighted by Gasteiger charge is 2.29. The van der Waals surface area contributed by atoms with E-state index in [0.717, 1.165) is 28.7 Å². The van der Waals surface area contributed by atoms with Crippen LogP contribution in [-0.4, -0.2) is 43.0 Å². The molecule has 2 aromatic carbocycles. The van der Waals surface area contributed by atoms with E-state index < -0.39 is 18.1 Å². The maximum absolute atomic E-state index is 12.2. The smallest absolute Gasteiger partial charge is 0.407 e. The maximum Gasteiger partial charge on any atom is 0.407 e. The van der Waals surface area contributed by atoms with Crippen molar-refractivity contribution in [2.24, 2.45) is 5.92 Å². The molecular formula is C23H27NO5. The number of carboxylic acids is 1. The van der Waals surface area contributed by atoms with E-state index >= 15 is 0 Å². The number of aliphatic carboxylic acids is 1. The van der Waals surface area contributed by atoms with E-state index in [9.17, 15) is 14.7 Å². The van der Waals surface area contributed by atoms with E-state index in [1.165, 1.54) is 0 Å². The minimum atomic E-state index is -1.15. The SMILES string of the molecule is CC(C)CCOC[C@@H](NC(=O)OCC1c2ccccc2-c2ccccc21)C(=O)O. The highest BCUT2D eigenvalue weighted by Crippen LogP contribution is 2.44. The largest absolute Gasteiger partial charge is 0.480 e. The Balaban J connectivity index is 1.58. The zero-order valence-corrected chi connectivity index (χ0v) is 16.8. The van der Waals surface area contributed by atoms with Crippen LogP contribution in [0, 0.1) is 5.92 Å². The van der Waals surface area contributed by atoms with Crippen LogP contribution >= 0.6 is 0 Å². The monoisotopic (exact) mass is 397 g/mol. The number of ether oxygens (including phenoxy) is 2. The Bertz CT molecular complexity index is 818. The molecule has 154 valence electrons. The summed E-state index contributed by atoms with van der Waals surface area (Å²) >= 11 is 0. The number of hydrogen-bond donors (Lipinski definition) is 2. The van der Waals surface area contributed by atoms with Crippen LogP contribution in [0.1, 0.15) is 37.3 Å². The molecule has 2 aromatic rings. The van der Waals surface area contributed by atoms with Crippen LogP contribution in [0.3, 0.4) is 0 Å². The number of benzene rings is 2. The molecule has 0 radical (unpaired) electrons. The average Bonchev–Trinajstić information content (AvgIpc) is 3.02. The van der Waals surface area contributed by atoms with Crippen LogP contribution in [0.15, 0.2) is 48.5 Å². The molecule has 1 atom stereocenters. The van der Waals surface area contributed by atoms with Gasteiger partial charge < -0.3 is 19.9 Å². The van der Waals surface area contributed by atoms with Crippen molar-refractivity contribution in [3.05, 3.63) is 59.7 Å². The molecule has 1 aliphatic carbocycles. The summed E-state index contributed by atoms with van der Waals surface area (Å²) < 4.78 is 10.8. The second-order valence-electron chi connectivity index (χ2n) is 7.62. The van der Waals surface area contributed by atoms with E-state index in [2.05, 4.69) is 31.3 Å². The van der Waals surface area contributed by atoms with E-state index in [-0.39, 0.29) is 19.1 Å². The molecule has 0 fully saturated rings. The van der Waals surface area contributed by atoms with Crippen molar-refractivity contribution in [2.45, 2.75) is 32.2 Å². The summed E-state index contributed by atoms with van der Waals surface area (Å²) in [5, 5.41) is 11.7. The number of rotatable bonds is 9. The first-order chi connectivity index (χ1) is 14.0. The predicted molar refractivity (Wildman–Crippen MR) is 110 cm³/mol. The number of hydrogen-bond acceptors (Lipinski definition) is 4. The van der Waals surface area contributed by atoms with E-state index in [1.54, 1.807) is 0 Å². The van der Waals surface area contributed by atoms with Gasteiger partial charge in [0.1, 0.15) is 6.61 Å². The highest BCUT2D eigenvalue weighted by molar-refractivity contribution is 5.81. The summed E-state index contributed by atoms with van der Waals surface area (Å²) in [7, 11) is 0. The molecule has 0 unspecified atom stereocenters.